The van der Waals surface area contributed by atoms with Crippen LogP contribution >= 0.6 is 0 Å². The zero-order valence-electron chi connectivity index (χ0n) is 25.6. The molecular formula is C45H28N2. The van der Waals surface area contributed by atoms with E-state index in [1.54, 1.807) is 0 Å². The van der Waals surface area contributed by atoms with Crippen molar-refractivity contribution < 1.29 is 0 Å². The molecular weight excluding hydrogens is 569 g/mol. The predicted molar refractivity (Wildman–Crippen MR) is 194 cm³/mol. The zero-order valence-corrected chi connectivity index (χ0v) is 25.6. The van der Waals surface area contributed by atoms with Crippen molar-refractivity contribution in [2.24, 2.45) is 0 Å². The Morgan fingerprint density at radius 2 is 0.957 bits per heavy atom. The summed E-state index contributed by atoms with van der Waals surface area (Å²) in [4.78, 5) is 0. The first-order valence-corrected chi connectivity index (χ1v) is 16.4. The van der Waals surface area contributed by atoms with Crippen molar-refractivity contribution in [3.05, 3.63) is 192 Å². The van der Waals surface area contributed by atoms with Crippen LogP contribution in [0.2, 0.25) is 0 Å². The first kappa shape index (κ1) is 25.1. The summed E-state index contributed by atoms with van der Waals surface area (Å²) >= 11 is 0. The van der Waals surface area contributed by atoms with Crippen LogP contribution in [0, 0.1) is 0 Å². The first-order valence-electron chi connectivity index (χ1n) is 16.4. The molecule has 7 aromatic carbocycles. The average Bonchev–Trinajstić information content (AvgIpc) is 3.87. The van der Waals surface area contributed by atoms with Gasteiger partial charge >= 0.3 is 0 Å². The van der Waals surface area contributed by atoms with E-state index in [1.807, 2.05) is 0 Å². The summed E-state index contributed by atoms with van der Waals surface area (Å²) in [6, 6.07) is 60.6. The van der Waals surface area contributed by atoms with Gasteiger partial charge in [0.2, 0.25) is 0 Å². The lowest BCUT2D eigenvalue weighted by Gasteiger charge is -2.30. The number of nitrogens with zero attached hydrogens (tertiary/aromatic N) is 2. The molecule has 0 aliphatic heterocycles. The van der Waals surface area contributed by atoms with Gasteiger partial charge in [-0.15, -0.1) is 0 Å². The van der Waals surface area contributed by atoms with Crippen molar-refractivity contribution in [1.29, 1.82) is 0 Å². The molecule has 0 unspecified atom stereocenters. The monoisotopic (exact) mass is 596 g/mol. The lowest BCUT2D eigenvalue weighted by molar-refractivity contribution is 0.792. The number of benzene rings is 7. The number of aromatic nitrogens is 2. The van der Waals surface area contributed by atoms with Crippen molar-refractivity contribution in [2.75, 3.05) is 0 Å². The highest BCUT2D eigenvalue weighted by Gasteiger charge is 2.51. The molecule has 0 bridgehead atoms. The molecule has 9 aromatic rings. The van der Waals surface area contributed by atoms with Crippen molar-refractivity contribution in [2.45, 2.75) is 5.41 Å². The average molecular weight is 597 g/mol. The summed E-state index contributed by atoms with van der Waals surface area (Å²) in [6.45, 7) is 0. The minimum absolute atomic E-state index is 0.356. The number of para-hydroxylation sites is 2. The second-order valence-electron chi connectivity index (χ2n) is 12.9. The highest BCUT2D eigenvalue weighted by molar-refractivity contribution is 6.18. The third-order valence-electron chi connectivity index (χ3n) is 10.8. The Bertz CT molecular complexity index is 2680. The van der Waals surface area contributed by atoms with Gasteiger partial charge in [-0.2, -0.15) is 0 Å². The van der Waals surface area contributed by atoms with E-state index in [2.05, 4.69) is 179 Å². The predicted octanol–water partition coefficient (Wildman–Crippen LogP) is 11.1. The summed E-state index contributed by atoms with van der Waals surface area (Å²) in [5.41, 5.74) is 16.5. The second kappa shape index (κ2) is 8.99. The molecule has 0 atom stereocenters. The van der Waals surface area contributed by atoms with Crippen molar-refractivity contribution in [3.63, 3.8) is 0 Å². The van der Waals surface area contributed by atoms with Crippen LogP contribution in [0.1, 0.15) is 22.3 Å². The molecule has 0 radical (unpaired) electrons. The van der Waals surface area contributed by atoms with Crippen LogP contribution in [0.5, 0.6) is 0 Å². The maximum atomic E-state index is 2.46. The summed E-state index contributed by atoms with van der Waals surface area (Å²) < 4.78 is 4.81. The van der Waals surface area contributed by atoms with Crippen LogP contribution in [0.4, 0.5) is 0 Å². The van der Waals surface area contributed by atoms with E-state index in [0.717, 1.165) is 0 Å². The molecule has 2 heteroatoms. The molecule has 1 spiro atoms. The van der Waals surface area contributed by atoms with E-state index in [-0.39, 0.29) is 5.41 Å². The number of hydrogen-bond donors (Lipinski definition) is 0. The van der Waals surface area contributed by atoms with Gasteiger partial charge in [-0.05, 0) is 87.0 Å². The summed E-state index contributed by atoms with van der Waals surface area (Å²) in [5.74, 6) is 0. The van der Waals surface area contributed by atoms with Crippen LogP contribution in [0.25, 0.3) is 66.3 Å². The molecule has 0 N–H and O–H groups in total. The molecule has 2 nitrogen and oxygen atoms in total. The Morgan fingerprint density at radius 3 is 1.66 bits per heavy atom. The number of hydrogen-bond acceptors (Lipinski definition) is 0. The standard InChI is InChI=1S/C45H28N2/c1-2-12-29(13-3-1)47-43-21-11-7-17-35(43)36-24-25-42-37(44(36)47)26-27-46(42)30-22-23-34-33-16-6-10-20-40(33)45(41(34)28-30)38-18-8-4-14-31(38)32-15-5-9-19-39(32)45/h1-28H. The summed E-state index contributed by atoms with van der Waals surface area (Å²) in [6.07, 6.45) is 2.25. The van der Waals surface area contributed by atoms with Gasteiger partial charge in [-0.3, -0.25) is 0 Å². The summed E-state index contributed by atoms with van der Waals surface area (Å²) in [7, 11) is 0. The SMILES string of the molecule is c1ccc(-n2c3ccccc3c3ccc4c(ccn4-c4ccc5c(c4)C4(c6ccccc6-c6ccccc64)c4ccccc4-5)c32)cc1. The van der Waals surface area contributed by atoms with Crippen molar-refractivity contribution in [3.8, 4) is 33.6 Å². The molecule has 0 saturated carbocycles. The van der Waals surface area contributed by atoms with Gasteiger partial charge in [-0.25, -0.2) is 0 Å². The maximum absolute atomic E-state index is 2.46. The lowest BCUT2D eigenvalue weighted by atomic mass is 9.70. The largest absolute Gasteiger partial charge is 0.316 e. The van der Waals surface area contributed by atoms with E-state index in [0.29, 0.717) is 0 Å². The Balaban J connectivity index is 1.20. The Labute approximate surface area is 272 Å². The molecule has 2 heterocycles. The first-order chi connectivity index (χ1) is 23.3. The van der Waals surface area contributed by atoms with Crippen molar-refractivity contribution in [1.82, 2.24) is 9.13 Å². The minimum Gasteiger partial charge on any atom is -0.316 e. The minimum atomic E-state index is -0.356. The molecule has 47 heavy (non-hydrogen) atoms. The van der Waals surface area contributed by atoms with Crippen LogP contribution in [-0.4, -0.2) is 9.13 Å². The Kier molecular flexibility index (Phi) is 4.80. The second-order valence-corrected chi connectivity index (χ2v) is 12.9. The fraction of sp³-hybridized carbons (Fsp3) is 0.0222. The topological polar surface area (TPSA) is 9.86 Å². The van der Waals surface area contributed by atoms with Gasteiger partial charge in [0.25, 0.3) is 0 Å². The van der Waals surface area contributed by atoms with Gasteiger partial charge in [0, 0.05) is 33.7 Å². The van der Waals surface area contributed by atoms with E-state index in [9.17, 15) is 0 Å². The molecule has 218 valence electrons. The smallest absolute Gasteiger partial charge is 0.0726 e. The fourth-order valence-corrected chi connectivity index (χ4v) is 8.98. The third kappa shape index (κ3) is 3.05. The molecule has 0 fully saturated rings. The van der Waals surface area contributed by atoms with Crippen LogP contribution in [0.15, 0.2) is 170 Å². The third-order valence-corrected chi connectivity index (χ3v) is 10.8. The maximum Gasteiger partial charge on any atom is 0.0726 e. The van der Waals surface area contributed by atoms with E-state index < -0.39 is 0 Å². The number of rotatable bonds is 2. The fourth-order valence-electron chi connectivity index (χ4n) is 8.98. The highest BCUT2D eigenvalue weighted by Crippen LogP contribution is 2.62. The van der Waals surface area contributed by atoms with Gasteiger partial charge < -0.3 is 9.13 Å². The lowest BCUT2D eigenvalue weighted by Crippen LogP contribution is -2.26. The van der Waals surface area contributed by atoms with Gasteiger partial charge in [0.15, 0.2) is 0 Å². The quantitative estimate of drug-likeness (QED) is 0.188. The summed E-state index contributed by atoms with van der Waals surface area (Å²) in [5, 5.41) is 3.80. The molecule has 11 rings (SSSR count). The molecule has 2 aliphatic carbocycles. The van der Waals surface area contributed by atoms with E-state index in [1.165, 1.54) is 88.6 Å². The molecule has 2 aliphatic rings. The van der Waals surface area contributed by atoms with Gasteiger partial charge in [0.05, 0.1) is 22.0 Å². The Morgan fingerprint density at radius 1 is 0.362 bits per heavy atom. The van der Waals surface area contributed by atoms with Crippen molar-refractivity contribution >= 4 is 32.7 Å². The Hall–Kier alpha value is -6.12. The molecule has 0 saturated heterocycles. The van der Waals surface area contributed by atoms with E-state index >= 15 is 0 Å². The highest BCUT2D eigenvalue weighted by atomic mass is 15.0. The molecule has 2 aromatic heterocycles. The number of fused-ring (bicyclic) bond motifs is 15. The van der Waals surface area contributed by atoms with Gasteiger partial charge in [0.1, 0.15) is 0 Å². The zero-order chi connectivity index (χ0) is 30.7. The van der Waals surface area contributed by atoms with Crippen LogP contribution in [-0.2, 0) is 5.41 Å². The van der Waals surface area contributed by atoms with E-state index in [4.69, 9.17) is 0 Å². The van der Waals surface area contributed by atoms with Crippen LogP contribution < -0.4 is 0 Å². The molecule has 0 amide bonds. The van der Waals surface area contributed by atoms with Crippen LogP contribution in [0.3, 0.4) is 0 Å². The van der Waals surface area contributed by atoms with Gasteiger partial charge in [-0.1, -0.05) is 121 Å². The normalized spacial score (nSPS) is 13.7.